The fourth-order valence-corrected chi connectivity index (χ4v) is 3.21. The Labute approximate surface area is 186 Å². The lowest BCUT2D eigenvalue weighted by molar-refractivity contribution is 0.0423. The minimum Gasteiger partial charge on any atom is -0.486 e. The lowest BCUT2D eigenvalue weighted by Gasteiger charge is -2.03. The number of aromatic nitrogens is 3. The number of aryl methyl sites for hydroxylation is 1. The molecular formula is C22H18FN3O5S. The van der Waals surface area contributed by atoms with Crippen molar-refractivity contribution < 1.29 is 27.9 Å². The molecule has 32 heavy (non-hydrogen) atoms. The number of rotatable bonds is 9. The van der Waals surface area contributed by atoms with Gasteiger partial charge in [0.05, 0.1) is 0 Å². The summed E-state index contributed by atoms with van der Waals surface area (Å²) in [7, 11) is 0. The molecule has 0 bridgehead atoms. The van der Waals surface area contributed by atoms with Crippen molar-refractivity contribution in [3.8, 4) is 11.5 Å². The number of thiazole rings is 1. The first-order valence-corrected chi connectivity index (χ1v) is 10.4. The predicted octanol–water partition coefficient (Wildman–Crippen LogP) is 4.49. The van der Waals surface area contributed by atoms with Crippen LogP contribution in [-0.2, 0) is 24.6 Å². The molecule has 2 aromatic carbocycles. The quantitative estimate of drug-likeness (QED) is 0.341. The second-order valence-electron chi connectivity index (χ2n) is 6.65. The fraction of sp³-hybridized carbons (Fsp3) is 0.182. The van der Waals surface area contributed by atoms with Gasteiger partial charge in [-0.15, -0.1) is 11.3 Å². The number of ether oxygens (including phenoxy) is 3. The van der Waals surface area contributed by atoms with E-state index in [1.165, 1.54) is 35.6 Å². The molecule has 8 nitrogen and oxygen atoms in total. The zero-order chi connectivity index (χ0) is 22.3. The molecule has 0 fully saturated rings. The van der Waals surface area contributed by atoms with Gasteiger partial charge in [-0.05, 0) is 43.3 Å². The topological polar surface area (TPSA) is 96.6 Å². The Kier molecular flexibility index (Phi) is 6.71. The molecular weight excluding hydrogens is 437 g/mol. The van der Waals surface area contributed by atoms with E-state index in [1.807, 2.05) is 31.2 Å². The summed E-state index contributed by atoms with van der Waals surface area (Å²) in [6.07, 6.45) is 0. The molecule has 0 radical (unpaired) electrons. The summed E-state index contributed by atoms with van der Waals surface area (Å²) in [5, 5.41) is 6.01. The van der Waals surface area contributed by atoms with Crippen LogP contribution in [-0.4, -0.2) is 21.1 Å². The number of hydrogen-bond donors (Lipinski definition) is 0. The van der Waals surface area contributed by atoms with Crippen molar-refractivity contribution in [3.05, 3.63) is 87.7 Å². The summed E-state index contributed by atoms with van der Waals surface area (Å²) in [5.74, 6) is 0.622. The smallest absolute Gasteiger partial charge is 0.358 e. The van der Waals surface area contributed by atoms with Crippen LogP contribution in [0.4, 0.5) is 4.39 Å². The number of halogens is 1. The molecule has 2 heterocycles. The highest BCUT2D eigenvalue weighted by molar-refractivity contribution is 7.09. The average Bonchev–Trinajstić information content (AvgIpc) is 3.46. The minimum absolute atomic E-state index is 0.0273. The first-order chi connectivity index (χ1) is 15.5. The van der Waals surface area contributed by atoms with E-state index in [2.05, 4.69) is 15.1 Å². The minimum atomic E-state index is -0.606. The monoisotopic (exact) mass is 455 g/mol. The first kappa shape index (κ1) is 21.4. The number of hydrogen-bond acceptors (Lipinski definition) is 9. The molecule has 2 aromatic heterocycles. The molecule has 0 unspecified atom stereocenters. The van der Waals surface area contributed by atoms with Gasteiger partial charge in [0.15, 0.2) is 18.9 Å². The number of nitrogens with zero attached hydrogens (tertiary/aromatic N) is 3. The van der Waals surface area contributed by atoms with Crippen LogP contribution in [0.3, 0.4) is 0 Å². The van der Waals surface area contributed by atoms with E-state index in [-0.39, 0.29) is 43.0 Å². The van der Waals surface area contributed by atoms with Gasteiger partial charge >= 0.3 is 5.97 Å². The van der Waals surface area contributed by atoms with Crippen LogP contribution in [0.1, 0.15) is 32.8 Å². The standard InChI is InChI=1S/C22H18FN3O5S/c1-14-2-6-16(7-3-14)29-12-21-24-18(13-32-21)22(27)30-11-20-25-19(26-31-20)10-28-17-8-4-15(23)5-9-17/h2-9,13H,10-12H2,1H3. The molecule has 4 rings (SSSR count). The van der Waals surface area contributed by atoms with Crippen LogP contribution in [0.15, 0.2) is 58.4 Å². The SMILES string of the molecule is Cc1ccc(OCc2nc(C(=O)OCc3nc(COc4ccc(F)cc4)no3)cs2)cc1. The van der Waals surface area contributed by atoms with Crippen LogP contribution in [0.5, 0.6) is 11.5 Å². The summed E-state index contributed by atoms with van der Waals surface area (Å²) in [6, 6.07) is 13.2. The lowest BCUT2D eigenvalue weighted by Crippen LogP contribution is -2.06. The fourth-order valence-electron chi connectivity index (χ4n) is 2.54. The number of esters is 1. The third kappa shape index (κ3) is 5.88. The normalized spacial score (nSPS) is 10.7. The summed E-state index contributed by atoms with van der Waals surface area (Å²) in [4.78, 5) is 20.6. The zero-order valence-corrected chi connectivity index (χ0v) is 17.8. The van der Waals surface area contributed by atoms with E-state index in [4.69, 9.17) is 18.7 Å². The van der Waals surface area contributed by atoms with Gasteiger partial charge in [-0.1, -0.05) is 22.9 Å². The van der Waals surface area contributed by atoms with Crippen LogP contribution in [0.25, 0.3) is 0 Å². The van der Waals surface area contributed by atoms with E-state index < -0.39 is 5.97 Å². The number of benzene rings is 2. The van der Waals surface area contributed by atoms with Crippen LogP contribution in [0.2, 0.25) is 0 Å². The molecule has 0 aliphatic carbocycles. The second-order valence-corrected chi connectivity index (χ2v) is 7.59. The van der Waals surface area contributed by atoms with Gasteiger partial charge in [0.2, 0.25) is 5.82 Å². The third-order valence-corrected chi connectivity index (χ3v) is 4.98. The van der Waals surface area contributed by atoms with Crippen molar-refractivity contribution in [1.29, 1.82) is 0 Å². The second kappa shape index (κ2) is 10.0. The van der Waals surface area contributed by atoms with Gasteiger partial charge in [0.25, 0.3) is 5.89 Å². The van der Waals surface area contributed by atoms with E-state index >= 15 is 0 Å². The Bertz CT molecular complexity index is 1180. The third-order valence-electron chi connectivity index (χ3n) is 4.16. The molecule has 0 saturated carbocycles. The molecule has 0 amide bonds. The Morgan fingerprint density at radius 1 is 0.969 bits per heavy atom. The molecule has 10 heteroatoms. The Morgan fingerprint density at radius 2 is 1.66 bits per heavy atom. The number of carbonyl (C=O) groups excluding carboxylic acids is 1. The van der Waals surface area contributed by atoms with Gasteiger partial charge in [-0.25, -0.2) is 14.2 Å². The van der Waals surface area contributed by atoms with Crippen LogP contribution >= 0.6 is 11.3 Å². The highest BCUT2D eigenvalue weighted by Gasteiger charge is 2.15. The van der Waals surface area contributed by atoms with E-state index in [0.717, 1.165) is 11.3 Å². The maximum Gasteiger partial charge on any atom is 0.358 e. The molecule has 4 aromatic rings. The Morgan fingerprint density at radius 3 is 2.41 bits per heavy atom. The van der Waals surface area contributed by atoms with Crippen molar-refractivity contribution in [2.24, 2.45) is 0 Å². The predicted molar refractivity (Wildman–Crippen MR) is 112 cm³/mol. The van der Waals surface area contributed by atoms with E-state index in [1.54, 1.807) is 5.38 Å². The highest BCUT2D eigenvalue weighted by atomic mass is 32.1. The van der Waals surface area contributed by atoms with Crippen molar-refractivity contribution in [2.75, 3.05) is 0 Å². The Balaban J connectivity index is 1.23. The van der Waals surface area contributed by atoms with E-state index in [9.17, 15) is 9.18 Å². The van der Waals surface area contributed by atoms with Crippen LogP contribution < -0.4 is 9.47 Å². The molecule has 0 aliphatic rings. The van der Waals surface area contributed by atoms with Crippen molar-refractivity contribution in [2.45, 2.75) is 26.7 Å². The maximum absolute atomic E-state index is 12.9. The molecule has 164 valence electrons. The van der Waals surface area contributed by atoms with Gasteiger partial charge in [-0.3, -0.25) is 0 Å². The molecule has 0 saturated heterocycles. The van der Waals surface area contributed by atoms with E-state index in [0.29, 0.717) is 10.8 Å². The summed E-state index contributed by atoms with van der Waals surface area (Å²) in [5.41, 5.74) is 1.32. The summed E-state index contributed by atoms with van der Waals surface area (Å²) in [6.45, 7) is 2.08. The molecule has 0 N–H and O–H groups in total. The first-order valence-electron chi connectivity index (χ1n) is 9.56. The summed E-state index contributed by atoms with van der Waals surface area (Å²) < 4.78 is 34.2. The van der Waals surface area contributed by atoms with Crippen molar-refractivity contribution in [1.82, 2.24) is 15.1 Å². The lowest BCUT2D eigenvalue weighted by atomic mass is 10.2. The van der Waals surface area contributed by atoms with Crippen molar-refractivity contribution >= 4 is 17.3 Å². The molecule has 0 spiro atoms. The Hall–Kier alpha value is -3.79. The van der Waals surface area contributed by atoms with Gasteiger partial charge in [0, 0.05) is 5.38 Å². The average molecular weight is 455 g/mol. The molecule has 0 aliphatic heterocycles. The van der Waals surface area contributed by atoms with Gasteiger partial charge in [-0.2, -0.15) is 4.98 Å². The molecule has 0 atom stereocenters. The van der Waals surface area contributed by atoms with Crippen LogP contribution in [0, 0.1) is 12.7 Å². The maximum atomic E-state index is 12.9. The highest BCUT2D eigenvalue weighted by Crippen LogP contribution is 2.17. The largest absolute Gasteiger partial charge is 0.486 e. The number of carbonyl (C=O) groups is 1. The van der Waals surface area contributed by atoms with Gasteiger partial charge < -0.3 is 18.7 Å². The summed E-state index contributed by atoms with van der Waals surface area (Å²) >= 11 is 1.30. The van der Waals surface area contributed by atoms with Crippen molar-refractivity contribution in [3.63, 3.8) is 0 Å². The zero-order valence-electron chi connectivity index (χ0n) is 17.0. The van der Waals surface area contributed by atoms with Gasteiger partial charge in [0.1, 0.15) is 28.9 Å².